The summed E-state index contributed by atoms with van der Waals surface area (Å²) in [6.07, 6.45) is 2.03. The van der Waals surface area contributed by atoms with Gasteiger partial charge in [-0.3, -0.25) is 4.99 Å². The molecule has 2 aromatic rings. The summed E-state index contributed by atoms with van der Waals surface area (Å²) in [5.74, 6) is 1.54. The fourth-order valence-corrected chi connectivity index (χ4v) is 3.88. The van der Waals surface area contributed by atoms with Crippen LogP contribution < -0.4 is 5.32 Å². The first kappa shape index (κ1) is 21.1. The van der Waals surface area contributed by atoms with Gasteiger partial charge in [-0.1, -0.05) is 30.3 Å². The molecule has 1 atom stereocenters. The van der Waals surface area contributed by atoms with Gasteiger partial charge in [-0.05, 0) is 6.42 Å². The molecule has 1 aromatic carbocycles. The molecule has 26 heavy (non-hydrogen) atoms. The summed E-state index contributed by atoms with van der Waals surface area (Å²) >= 11 is 1.70. The van der Waals surface area contributed by atoms with Gasteiger partial charge in [0.2, 0.25) is 0 Å². The Bertz CT molecular complexity index is 686. The van der Waals surface area contributed by atoms with E-state index in [1.807, 2.05) is 25.2 Å². The monoisotopic (exact) mass is 486 g/mol. The number of ether oxygens (including phenoxy) is 1. The minimum atomic E-state index is 0. The number of guanidine groups is 1. The van der Waals surface area contributed by atoms with Crippen LogP contribution in [0.4, 0.5) is 0 Å². The topological polar surface area (TPSA) is 49.8 Å². The molecule has 0 saturated carbocycles. The standard InChI is InChI=1S/C19H26N4OS.HI/c1-20-19(23(2)12-15-9-11-24-13-15)21-10-8-17-14-25-18(22-17)16-6-4-3-5-7-16;/h3-7,14-15H,8-13H2,1-2H3,(H,20,21);1H. The van der Waals surface area contributed by atoms with E-state index in [0.29, 0.717) is 5.92 Å². The Balaban J connectivity index is 0.00000243. The summed E-state index contributed by atoms with van der Waals surface area (Å²) in [5, 5.41) is 6.67. The van der Waals surface area contributed by atoms with Crippen molar-refractivity contribution in [3.63, 3.8) is 0 Å². The fourth-order valence-electron chi connectivity index (χ4n) is 3.02. The zero-order chi connectivity index (χ0) is 17.5. The van der Waals surface area contributed by atoms with E-state index in [0.717, 1.165) is 55.8 Å². The molecular formula is C19H27IN4OS. The highest BCUT2D eigenvalue weighted by Gasteiger charge is 2.19. The zero-order valence-corrected chi connectivity index (χ0v) is 18.5. The van der Waals surface area contributed by atoms with E-state index in [1.165, 1.54) is 5.56 Å². The number of halogens is 1. The number of nitrogens with zero attached hydrogens (tertiary/aromatic N) is 3. The van der Waals surface area contributed by atoms with Crippen molar-refractivity contribution in [1.82, 2.24) is 15.2 Å². The number of aromatic nitrogens is 1. The number of aliphatic imine (C=N–C) groups is 1. The van der Waals surface area contributed by atoms with E-state index < -0.39 is 0 Å². The SMILES string of the molecule is CN=C(NCCc1csc(-c2ccccc2)n1)N(C)CC1CCOC1.I. The van der Waals surface area contributed by atoms with E-state index in [4.69, 9.17) is 9.72 Å². The van der Waals surface area contributed by atoms with Crippen LogP contribution in [0.2, 0.25) is 0 Å². The second kappa shape index (κ2) is 10.8. The minimum absolute atomic E-state index is 0. The molecule has 1 fully saturated rings. The quantitative estimate of drug-likeness (QED) is 0.386. The van der Waals surface area contributed by atoms with Crippen molar-refractivity contribution < 1.29 is 4.74 Å². The summed E-state index contributed by atoms with van der Waals surface area (Å²) < 4.78 is 5.46. The van der Waals surface area contributed by atoms with Gasteiger partial charge >= 0.3 is 0 Å². The normalized spacial score (nSPS) is 17.0. The van der Waals surface area contributed by atoms with Crippen LogP contribution in [0.25, 0.3) is 10.6 Å². The molecular weight excluding hydrogens is 459 g/mol. The molecule has 1 N–H and O–H groups in total. The number of hydrogen-bond acceptors (Lipinski definition) is 4. The second-order valence-corrected chi connectivity index (χ2v) is 7.20. The van der Waals surface area contributed by atoms with Gasteiger partial charge < -0.3 is 15.0 Å². The van der Waals surface area contributed by atoms with Crippen LogP contribution in [0.1, 0.15) is 12.1 Å². The van der Waals surface area contributed by atoms with Crippen molar-refractivity contribution in [3.8, 4) is 10.6 Å². The summed E-state index contributed by atoms with van der Waals surface area (Å²) in [6.45, 7) is 3.56. The third-order valence-corrected chi connectivity index (χ3v) is 5.31. The molecule has 7 heteroatoms. The Hall–Kier alpha value is -1.19. The zero-order valence-electron chi connectivity index (χ0n) is 15.4. The molecule has 0 amide bonds. The molecule has 1 aliphatic rings. The second-order valence-electron chi connectivity index (χ2n) is 6.34. The first-order valence-corrected chi connectivity index (χ1v) is 9.63. The van der Waals surface area contributed by atoms with Crippen LogP contribution in [-0.4, -0.2) is 56.2 Å². The lowest BCUT2D eigenvalue weighted by molar-refractivity contribution is 0.181. The molecule has 142 valence electrons. The lowest BCUT2D eigenvalue weighted by atomic mass is 10.1. The summed E-state index contributed by atoms with van der Waals surface area (Å²) in [4.78, 5) is 11.3. The number of benzene rings is 1. The van der Waals surface area contributed by atoms with Crippen LogP contribution >= 0.6 is 35.3 Å². The molecule has 1 unspecified atom stereocenters. The Labute approximate surface area is 176 Å². The summed E-state index contributed by atoms with van der Waals surface area (Å²) in [5.41, 5.74) is 2.31. The molecule has 0 spiro atoms. The molecule has 0 bridgehead atoms. The third kappa shape index (κ3) is 5.92. The van der Waals surface area contributed by atoms with Gasteiger partial charge in [-0.2, -0.15) is 0 Å². The predicted octanol–water partition coefficient (Wildman–Crippen LogP) is 3.51. The van der Waals surface area contributed by atoms with Crippen LogP contribution in [0.5, 0.6) is 0 Å². The molecule has 1 saturated heterocycles. The average Bonchev–Trinajstić information content (AvgIpc) is 3.31. The molecule has 0 radical (unpaired) electrons. The maximum Gasteiger partial charge on any atom is 0.193 e. The molecule has 5 nitrogen and oxygen atoms in total. The molecule has 0 aliphatic carbocycles. The van der Waals surface area contributed by atoms with E-state index in [1.54, 1.807) is 11.3 Å². The van der Waals surface area contributed by atoms with Crippen LogP contribution in [0.3, 0.4) is 0 Å². The fraction of sp³-hybridized carbons (Fsp3) is 0.474. The first-order valence-electron chi connectivity index (χ1n) is 8.75. The van der Waals surface area contributed by atoms with Crippen LogP contribution in [-0.2, 0) is 11.2 Å². The predicted molar refractivity (Wildman–Crippen MR) is 120 cm³/mol. The summed E-state index contributed by atoms with van der Waals surface area (Å²) in [6, 6.07) is 10.3. The number of rotatable bonds is 6. The smallest absolute Gasteiger partial charge is 0.193 e. The van der Waals surface area contributed by atoms with Crippen molar-refractivity contribution in [2.75, 3.05) is 40.4 Å². The largest absolute Gasteiger partial charge is 0.381 e. The number of thiazole rings is 1. The Morgan fingerprint density at radius 1 is 1.38 bits per heavy atom. The highest BCUT2D eigenvalue weighted by atomic mass is 127. The van der Waals surface area contributed by atoms with Gasteiger partial charge in [0.25, 0.3) is 0 Å². The lowest BCUT2D eigenvalue weighted by Crippen LogP contribution is -2.42. The molecule has 2 heterocycles. The average molecular weight is 486 g/mol. The molecule has 3 rings (SSSR count). The van der Waals surface area contributed by atoms with Crippen molar-refractivity contribution in [1.29, 1.82) is 0 Å². The van der Waals surface area contributed by atoms with Crippen LogP contribution in [0.15, 0.2) is 40.7 Å². The minimum Gasteiger partial charge on any atom is -0.381 e. The highest BCUT2D eigenvalue weighted by molar-refractivity contribution is 14.0. The maximum absolute atomic E-state index is 5.46. The van der Waals surface area contributed by atoms with E-state index in [9.17, 15) is 0 Å². The van der Waals surface area contributed by atoms with E-state index in [-0.39, 0.29) is 24.0 Å². The van der Waals surface area contributed by atoms with E-state index in [2.05, 4.69) is 39.8 Å². The maximum atomic E-state index is 5.46. The number of hydrogen-bond donors (Lipinski definition) is 1. The van der Waals surface area contributed by atoms with E-state index >= 15 is 0 Å². The van der Waals surface area contributed by atoms with Gasteiger partial charge in [0.1, 0.15) is 5.01 Å². The number of nitrogens with one attached hydrogen (secondary N) is 1. The van der Waals surface area contributed by atoms with Crippen molar-refractivity contribution in [2.45, 2.75) is 12.8 Å². The Morgan fingerprint density at radius 3 is 2.88 bits per heavy atom. The molecule has 1 aromatic heterocycles. The summed E-state index contributed by atoms with van der Waals surface area (Å²) in [7, 11) is 3.92. The van der Waals surface area contributed by atoms with Gasteiger partial charge in [0, 0.05) is 57.1 Å². The van der Waals surface area contributed by atoms with Gasteiger partial charge in [-0.25, -0.2) is 4.98 Å². The van der Waals surface area contributed by atoms with Crippen molar-refractivity contribution in [2.24, 2.45) is 10.9 Å². The molecule has 1 aliphatic heterocycles. The van der Waals surface area contributed by atoms with Crippen molar-refractivity contribution >= 4 is 41.3 Å². The third-order valence-electron chi connectivity index (χ3n) is 4.37. The first-order chi connectivity index (χ1) is 12.3. The van der Waals surface area contributed by atoms with Gasteiger partial charge in [-0.15, -0.1) is 35.3 Å². The van der Waals surface area contributed by atoms with Gasteiger partial charge in [0.15, 0.2) is 5.96 Å². The lowest BCUT2D eigenvalue weighted by Gasteiger charge is -2.24. The Kier molecular flexibility index (Phi) is 8.80. The van der Waals surface area contributed by atoms with Crippen LogP contribution in [0, 0.1) is 5.92 Å². The Morgan fingerprint density at radius 2 is 2.19 bits per heavy atom. The van der Waals surface area contributed by atoms with Gasteiger partial charge in [0.05, 0.1) is 12.3 Å². The van der Waals surface area contributed by atoms with Crippen molar-refractivity contribution in [3.05, 3.63) is 41.4 Å². The highest BCUT2D eigenvalue weighted by Crippen LogP contribution is 2.23.